The summed E-state index contributed by atoms with van der Waals surface area (Å²) in [7, 11) is 1.31. The van der Waals surface area contributed by atoms with Crippen molar-refractivity contribution < 1.29 is 48.4 Å². The molecule has 1 aromatic carbocycles. The topological polar surface area (TPSA) is 188 Å². The van der Waals surface area contributed by atoms with Crippen LogP contribution >= 0.6 is 22.9 Å². The van der Waals surface area contributed by atoms with Gasteiger partial charge in [-0.25, -0.2) is 23.8 Å². The summed E-state index contributed by atoms with van der Waals surface area (Å²) in [6.07, 6.45) is 2.79. The van der Waals surface area contributed by atoms with Crippen LogP contribution in [0.1, 0.15) is 5.01 Å². The van der Waals surface area contributed by atoms with Crippen LogP contribution in [0.25, 0.3) is 0 Å². The molecule has 1 fully saturated rings. The summed E-state index contributed by atoms with van der Waals surface area (Å²) in [6.45, 7) is 1.43. The number of aromatic nitrogens is 1. The van der Waals surface area contributed by atoms with Crippen LogP contribution in [0, 0.1) is 5.82 Å². The van der Waals surface area contributed by atoms with Gasteiger partial charge in [0.05, 0.1) is 32.4 Å². The molecule has 41 heavy (non-hydrogen) atoms. The van der Waals surface area contributed by atoms with Crippen molar-refractivity contribution in [3.63, 3.8) is 0 Å². The van der Waals surface area contributed by atoms with Gasteiger partial charge in [-0.3, -0.25) is 14.7 Å². The molecule has 3 heterocycles. The van der Waals surface area contributed by atoms with Crippen LogP contribution in [0.5, 0.6) is 0 Å². The van der Waals surface area contributed by atoms with Gasteiger partial charge in [-0.05, 0) is 18.2 Å². The zero-order valence-electron chi connectivity index (χ0n) is 21.5. The fourth-order valence-electron chi connectivity index (χ4n) is 3.28. The Morgan fingerprint density at radius 2 is 1.95 bits per heavy atom. The number of nitrogens with zero attached hydrogens (tertiary/aromatic N) is 3. The van der Waals surface area contributed by atoms with E-state index in [4.69, 9.17) is 31.3 Å². The molecule has 0 unspecified atom stereocenters. The Labute approximate surface area is 242 Å². The highest BCUT2D eigenvalue weighted by molar-refractivity contribution is 7.11. The van der Waals surface area contributed by atoms with Crippen LogP contribution < -0.4 is 5.32 Å². The molecule has 0 aliphatic carbocycles. The highest BCUT2D eigenvalue weighted by Gasteiger charge is 2.32. The molecule has 0 amide bonds. The van der Waals surface area contributed by atoms with Crippen molar-refractivity contribution in [3.05, 3.63) is 75.1 Å². The number of hydrogen-bond acceptors (Lipinski definition) is 11. The number of ether oxygens (including phenoxy) is 2. The van der Waals surface area contributed by atoms with Crippen molar-refractivity contribution in [2.75, 3.05) is 40.0 Å². The van der Waals surface area contributed by atoms with Crippen molar-refractivity contribution in [2.45, 2.75) is 6.04 Å². The number of hydrogen-bond donors (Lipinski definition) is 4. The Morgan fingerprint density at radius 1 is 1.24 bits per heavy atom. The molecule has 1 atom stereocenters. The lowest BCUT2D eigenvalue weighted by Gasteiger charge is -2.34. The largest absolute Gasteiger partial charge is 0.480 e. The van der Waals surface area contributed by atoms with Gasteiger partial charge in [-0.2, -0.15) is 0 Å². The molecule has 1 aromatic heterocycles. The minimum absolute atomic E-state index is 0.115. The molecule has 4 rings (SSSR count). The van der Waals surface area contributed by atoms with Crippen LogP contribution in [-0.2, 0) is 28.7 Å². The van der Waals surface area contributed by atoms with Gasteiger partial charge in [0.15, 0.2) is 10.8 Å². The monoisotopic (exact) mass is 612 g/mol. The van der Waals surface area contributed by atoms with E-state index in [1.165, 1.54) is 30.6 Å². The summed E-state index contributed by atoms with van der Waals surface area (Å²) >= 11 is 6.83. The Balaban J connectivity index is 0.000000300. The van der Waals surface area contributed by atoms with E-state index in [9.17, 15) is 28.7 Å². The summed E-state index contributed by atoms with van der Waals surface area (Å²) < 4.78 is 22.2. The molecule has 4 N–H and O–H groups in total. The van der Waals surface area contributed by atoms with Crippen LogP contribution in [0.3, 0.4) is 0 Å². The molecule has 0 spiro atoms. The van der Waals surface area contributed by atoms with Gasteiger partial charge in [0.25, 0.3) is 0 Å². The third-order valence-corrected chi connectivity index (χ3v) is 6.15. The second kappa shape index (κ2) is 16.8. The lowest BCUT2D eigenvalue weighted by Crippen LogP contribution is -2.52. The first-order valence-electron chi connectivity index (χ1n) is 11.6. The number of carbonyl (C=O) groups excluding carboxylic acids is 1. The average molecular weight is 613 g/mol. The number of aliphatic imine (C=N–C) groups is 1. The van der Waals surface area contributed by atoms with Gasteiger partial charge >= 0.3 is 23.9 Å². The molecular formula is C25H26ClFN4O9S. The number of amidine groups is 1. The zero-order chi connectivity index (χ0) is 30.4. The summed E-state index contributed by atoms with van der Waals surface area (Å²) in [5.41, 5.74) is 0.971. The molecular weight excluding hydrogens is 587 g/mol. The van der Waals surface area contributed by atoms with Crippen LogP contribution in [-0.4, -0.2) is 101 Å². The van der Waals surface area contributed by atoms with E-state index in [2.05, 4.69) is 15.3 Å². The van der Waals surface area contributed by atoms with Crippen molar-refractivity contribution in [1.82, 2.24) is 15.2 Å². The maximum absolute atomic E-state index is 12.1. The van der Waals surface area contributed by atoms with Crippen molar-refractivity contribution in [2.24, 2.45) is 4.99 Å². The summed E-state index contributed by atoms with van der Waals surface area (Å²) in [5, 5.41) is 31.1. The minimum atomic E-state index is -1.26. The fraction of sp³-hybridized carbons (Fsp3) is 0.280. The Bertz CT molecular complexity index is 1280. The van der Waals surface area contributed by atoms with Gasteiger partial charge in [0.1, 0.15) is 11.9 Å². The highest BCUT2D eigenvalue weighted by Crippen LogP contribution is 2.18. The number of carboxylic acid groups (broad SMARTS) is 3. The SMILES string of the molecule is COC(=O)C1=C(CN2CCOC[C@H]2C(=O)O)NC(c2nccs2)=NC1.Fc1cccc(Cl)c1.O=C(O)/C=C\C(=O)O. The normalized spacial score (nSPS) is 16.8. The summed E-state index contributed by atoms with van der Waals surface area (Å²) in [4.78, 5) is 53.0. The zero-order valence-corrected chi connectivity index (χ0v) is 23.1. The van der Waals surface area contributed by atoms with E-state index in [1.807, 2.05) is 5.38 Å². The third kappa shape index (κ3) is 11.4. The van der Waals surface area contributed by atoms with Crippen LogP contribution in [0.15, 0.2) is 64.3 Å². The van der Waals surface area contributed by atoms with E-state index in [1.54, 1.807) is 23.2 Å². The number of carbonyl (C=O) groups is 4. The molecule has 0 bridgehead atoms. The first-order chi connectivity index (χ1) is 19.5. The van der Waals surface area contributed by atoms with Crippen LogP contribution in [0.4, 0.5) is 4.39 Å². The molecule has 0 saturated carbocycles. The molecule has 220 valence electrons. The summed E-state index contributed by atoms with van der Waals surface area (Å²) in [6, 6.07) is 5.06. The van der Waals surface area contributed by atoms with Gasteiger partial charge in [0.2, 0.25) is 0 Å². The molecule has 13 nitrogen and oxygen atoms in total. The first-order valence-corrected chi connectivity index (χ1v) is 12.9. The number of methoxy groups -OCH3 is 1. The van der Waals surface area contributed by atoms with E-state index in [0.29, 0.717) is 52.4 Å². The Morgan fingerprint density at radius 3 is 2.46 bits per heavy atom. The van der Waals surface area contributed by atoms with E-state index < -0.39 is 29.9 Å². The molecule has 16 heteroatoms. The van der Waals surface area contributed by atoms with Gasteiger partial charge in [-0.15, -0.1) is 11.3 Å². The summed E-state index contributed by atoms with van der Waals surface area (Å²) in [5.74, 6) is -3.68. The second-order valence-electron chi connectivity index (χ2n) is 7.92. The molecule has 0 radical (unpaired) electrons. The van der Waals surface area contributed by atoms with E-state index >= 15 is 0 Å². The van der Waals surface area contributed by atoms with Crippen molar-refractivity contribution in [3.8, 4) is 0 Å². The predicted octanol–water partition coefficient (Wildman–Crippen LogP) is 1.90. The first kappa shape index (κ1) is 33.0. The number of thiazole rings is 1. The van der Waals surface area contributed by atoms with E-state index in [0.717, 1.165) is 0 Å². The fourth-order valence-corrected chi connectivity index (χ4v) is 4.06. The quantitative estimate of drug-likeness (QED) is 0.263. The van der Waals surface area contributed by atoms with E-state index in [-0.39, 0.29) is 25.5 Å². The number of morpholine rings is 1. The molecule has 2 aliphatic rings. The molecule has 1 saturated heterocycles. The number of nitrogens with one attached hydrogen (secondary N) is 1. The highest BCUT2D eigenvalue weighted by atomic mass is 35.5. The lowest BCUT2D eigenvalue weighted by atomic mass is 10.1. The third-order valence-electron chi connectivity index (χ3n) is 5.14. The maximum Gasteiger partial charge on any atom is 0.337 e. The maximum atomic E-state index is 12.1. The van der Waals surface area contributed by atoms with Gasteiger partial charge in [0, 0.05) is 47.5 Å². The lowest BCUT2D eigenvalue weighted by molar-refractivity contribution is -0.149. The molecule has 2 aromatic rings. The number of rotatable bonds is 7. The van der Waals surface area contributed by atoms with Gasteiger partial charge in [-0.1, -0.05) is 17.7 Å². The smallest absolute Gasteiger partial charge is 0.337 e. The molecule has 2 aliphatic heterocycles. The van der Waals surface area contributed by atoms with Crippen molar-refractivity contribution >= 4 is 52.7 Å². The number of halogens is 2. The Hall–Kier alpha value is -4.18. The van der Waals surface area contributed by atoms with Crippen molar-refractivity contribution in [1.29, 1.82) is 0 Å². The second-order valence-corrected chi connectivity index (χ2v) is 9.26. The Kier molecular flexibility index (Phi) is 13.5. The van der Waals surface area contributed by atoms with Crippen LogP contribution in [0.2, 0.25) is 5.02 Å². The number of carboxylic acids is 3. The predicted molar refractivity (Wildman–Crippen MR) is 145 cm³/mol. The number of benzene rings is 1. The average Bonchev–Trinajstić information content (AvgIpc) is 3.47. The number of aliphatic carboxylic acids is 3. The number of esters is 1. The van der Waals surface area contributed by atoms with Gasteiger partial charge < -0.3 is 30.1 Å². The standard InChI is InChI=1S/C15H18N4O5S.C6H4ClF.C4H4O4/c1-23-15(22)9-6-17-12(13-16-2-5-25-13)18-10(9)7-19-3-4-24-8-11(19)14(20)21;7-5-2-1-3-6(8)4-5;5-3(6)1-2-4(7)8/h2,5,11H,3-4,6-8H2,1H3,(H,17,18)(H,20,21);1-4H;1-2H,(H,5,6)(H,7,8)/b;;2-1-/t11-;;/m0../s1. The minimum Gasteiger partial charge on any atom is -0.480 e.